The first-order valence-electron chi connectivity index (χ1n) is 9.27. The summed E-state index contributed by atoms with van der Waals surface area (Å²) in [4.78, 5) is 0. The third-order valence-electron chi connectivity index (χ3n) is 6.68. The fourth-order valence-corrected chi connectivity index (χ4v) is 5.78. The van der Waals surface area contributed by atoms with E-state index in [1.807, 2.05) is 0 Å². The average molecular weight is 294 g/mol. The van der Waals surface area contributed by atoms with E-state index in [0.29, 0.717) is 6.04 Å². The molecule has 0 aromatic carbocycles. The highest BCUT2D eigenvalue weighted by Crippen LogP contribution is 2.51. The Bertz CT molecular complexity index is 344. The van der Waals surface area contributed by atoms with Crippen molar-refractivity contribution in [3.8, 4) is 0 Å². The molecule has 6 unspecified atom stereocenters. The van der Waals surface area contributed by atoms with Crippen molar-refractivity contribution in [2.75, 3.05) is 6.61 Å². The van der Waals surface area contributed by atoms with Crippen LogP contribution in [0.2, 0.25) is 0 Å². The summed E-state index contributed by atoms with van der Waals surface area (Å²) in [6, 6.07) is 0.338. The molecule has 3 aliphatic rings. The van der Waals surface area contributed by atoms with Gasteiger partial charge in [-0.1, -0.05) is 26.2 Å². The first kappa shape index (κ1) is 15.8. The molecule has 3 rings (SSSR count). The highest BCUT2D eigenvalue weighted by atomic mass is 16.5. The van der Waals surface area contributed by atoms with Gasteiger partial charge in [-0.2, -0.15) is 0 Å². The maximum atomic E-state index is 6.34. The molecule has 0 heterocycles. The predicted octanol–water partition coefficient (Wildman–Crippen LogP) is 3.63. The highest BCUT2D eigenvalue weighted by Gasteiger charge is 2.46. The standard InChI is InChI=1S/C18H34N2O/c1-3-21-18(8-4-5-13(2)12-18)17(20-19)11-16-10-14-6-7-15(16)9-14/h13-17,20H,3-12,19H2,1-2H3. The molecule has 122 valence electrons. The van der Waals surface area contributed by atoms with Crippen LogP contribution in [-0.2, 0) is 4.74 Å². The van der Waals surface area contributed by atoms with Gasteiger partial charge in [-0.05, 0) is 69.1 Å². The lowest BCUT2D eigenvalue weighted by Crippen LogP contribution is -2.57. The van der Waals surface area contributed by atoms with Crippen LogP contribution in [0.25, 0.3) is 0 Å². The summed E-state index contributed by atoms with van der Waals surface area (Å²) >= 11 is 0. The molecule has 21 heavy (non-hydrogen) atoms. The maximum Gasteiger partial charge on any atom is 0.0850 e. The van der Waals surface area contributed by atoms with E-state index < -0.39 is 0 Å². The number of hydrogen-bond acceptors (Lipinski definition) is 3. The van der Waals surface area contributed by atoms with E-state index in [4.69, 9.17) is 10.6 Å². The second-order valence-electron chi connectivity index (χ2n) is 8.09. The average Bonchev–Trinajstić information content (AvgIpc) is 3.07. The van der Waals surface area contributed by atoms with Gasteiger partial charge in [-0.25, -0.2) is 0 Å². The Hall–Kier alpha value is -0.120. The number of rotatable bonds is 6. The van der Waals surface area contributed by atoms with E-state index in [2.05, 4.69) is 19.3 Å². The van der Waals surface area contributed by atoms with Crippen molar-refractivity contribution in [3.05, 3.63) is 0 Å². The Balaban J connectivity index is 1.69. The lowest BCUT2D eigenvalue weighted by molar-refractivity contribution is -0.106. The zero-order valence-electron chi connectivity index (χ0n) is 13.9. The van der Waals surface area contributed by atoms with Gasteiger partial charge < -0.3 is 4.74 Å². The smallest absolute Gasteiger partial charge is 0.0850 e. The van der Waals surface area contributed by atoms with E-state index in [-0.39, 0.29) is 5.60 Å². The van der Waals surface area contributed by atoms with Crippen LogP contribution < -0.4 is 11.3 Å². The fraction of sp³-hybridized carbons (Fsp3) is 1.00. The number of fused-ring (bicyclic) bond motifs is 2. The number of ether oxygens (including phenoxy) is 1. The number of nitrogens with two attached hydrogens (primary N) is 1. The fourth-order valence-electron chi connectivity index (χ4n) is 5.78. The molecule has 3 N–H and O–H groups in total. The van der Waals surface area contributed by atoms with Crippen LogP contribution in [-0.4, -0.2) is 18.2 Å². The summed E-state index contributed by atoms with van der Waals surface area (Å²) in [5.74, 6) is 9.66. The molecule has 6 atom stereocenters. The Morgan fingerprint density at radius 1 is 1.29 bits per heavy atom. The quantitative estimate of drug-likeness (QED) is 0.581. The number of hydrazine groups is 1. The highest BCUT2D eigenvalue weighted by molar-refractivity contribution is 5.00. The van der Waals surface area contributed by atoms with Crippen molar-refractivity contribution in [2.45, 2.75) is 83.3 Å². The van der Waals surface area contributed by atoms with Gasteiger partial charge in [0.05, 0.1) is 11.6 Å². The van der Waals surface area contributed by atoms with Gasteiger partial charge in [0, 0.05) is 6.61 Å². The van der Waals surface area contributed by atoms with E-state index >= 15 is 0 Å². The lowest BCUT2D eigenvalue weighted by Gasteiger charge is -2.46. The minimum atomic E-state index is -0.0109. The van der Waals surface area contributed by atoms with Gasteiger partial charge in [0.15, 0.2) is 0 Å². The summed E-state index contributed by atoms with van der Waals surface area (Å²) < 4.78 is 6.34. The third-order valence-corrected chi connectivity index (χ3v) is 6.68. The SMILES string of the molecule is CCOC1(C(CC2CC3CCC2C3)NN)CCCC(C)C1. The van der Waals surface area contributed by atoms with Gasteiger partial charge in [-0.3, -0.25) is 11.3 Å². The summed E-state index contributed by atoms with van der Waals surface area (Å²) in [7, 11) is 0. The topological polar surface area (TPSA) is 47.3 Å². The van der Waals surface area contributed by atoms with Crippen molar-refractivity contribution in [1.29, 1.82) is 0 Å². The third kappa shape index (κ3) is 3.16. The number of hydrogen-bond donors (Lipinski definition) is 2. The molecule has 3 heteroatoms. The normalized spacial score (nSPS) is 44.1. The van der Waals surface area contributed by atoms with Crippen LogP contribution in [0.5, 0.6) is 0 Å². The Kier molecular flexibility index (Phi) is 4.92. The monoisotopic (exact) mass is 294 g/mol. The van der Waals surface area contributed by atoms with Gasteiger partial charge in [0.2, 0.25) is 0 Å². The zero-order chi connectivity index (χ0) is 14.9. The first-order valence-corrected chi connectivity index (χ1v) is 9.27. The van der Waals surface area contributed by atoms with E-state index in [1.165, 1.54) is 57.8 Å². The molecular formula is C18H34N2O. The van der Waals surface area contributed by atoms with E-state index in [0.717, 1.165) is 30.3 Å². The van der Waals surface area contributed by atoms with Crippen LogP contribution in [0.15, 0.2) is 0 Å². The van der Waals surface area contributed by atoms with Crippen molar-refractivity contribution < 1.29 is 4.74 Å². The van der Waals surface area contributed by atoms with Gasteiger partial charge in [0.25, 0.3) is 0 Å². The van der Waals surface area contributed by atoms with Crippen molar-refractivity contribution >= 4 is 0 Å². The Morgan fingerprint density at radius 3 is 2.71 bits per heavy atom. The molecule has 3 aliphatic carbocycles. The zero-order valence-corrected chi connectivity index (χ0v) is 13.9. The minimum absolute atomic E-state index is 0.0109. The van der Waals surface area contributed by atoms with Crippen LogP contribution in [0.1, 0.15) is 71.6 Å². The molecule has 2 bridgehead atoms. The maximum absolute atomic E-state index is 6.34. The van der Waals surface area contributed by atoms with Crippen LogP contribution >= 0.6 is 0 Å². The summed E-state index contributed by atoms with van der Waals surface area (Å²) in [5, 5.41) is 0. The minimum Gasteiger partial charge on any atom is -0.374 e. The molecule has 0 spiro atoms. The molecule has 3 saturated carbocycles. The molecule has 3 fully saturated rings. The summed E-state index contributed by atoms with van der Waals surface area (Å²) in [5.41, 5.74) is 3.17. The van der Waals surface area contributed by atoms with Crippen LogP contribution in [0, 0.1) is 23.7 Å². The number of nitrogens with one attached hydrogen (secondary N) is 1. The predicted molar refractivity (Wildman–Crippen MR) is 86.7 cm³/mol. The van der Waals surface area contributed by atoms with E-state index in [9.17, 15) is 0 Å². The Labute approximate surface area is 130 Å². The molecule has 0 saturated heterocycles. The molecular weight excluding hydrogens is 260 g/mol. The van der Waals surface area contributed by atoms with Gasteiger partial charge in [0.1, 0.15) is 0 Å². The lowest BCUT2D eigenvalue weighted by atomic mass is 9.71. The van der Waals surface area contributed by atoms with Crippen molar-refractivity contribution in [1.82, 2.24) is 5.43 Å². The van der Waals surface area contributed by atoms with E-state index in [1.54, 1.807) is 0 Å². The molecule has 0 aliphatic heterocycles. The van der Waals surface area contributed by atoms with Gasteiger partial charge >= 0.3 is 0 Å². The van der Waals surface area contributed by atoms with Crippen molar-refractivity contribution in [2.24, 2.45) is 29.5 Å². The molecule has 3 nitrogen and oxygen atoms in total. The molecule has 0 aromatic heterocycles. The second kappa shape index (κ2) is 6.55. The van der Waals surface area contributed by atoms with Crippen LogP contribution in [0.4, 0.5) is 0 Å². The Morgan fingerprint density at radius 2 is 2.14 bits per heavy atom. The summed E-state index contributed by atoms with van der Waals surface area (Å²) in [6.45, 7) is 5.31. The van der Waals surface area contributed by atoms with Crippen LogP contribution in [0.3, 0.4) is 0 Å². The summed E-state index contributed by atoms with van der Waals surface area (Å²) in [6.07, 6.45) is 12.1. The van der Waals surface area contributed by atoms with Crippen molar-refractivity contribution in [3.63, 3.8) is 0 Å². The molecule has 0 aromatic rings. The molecule has 0 radical (unpaired) electrons. The molecule has 0 amide bonds. The van der Waals surface area contributed by atoms with Gasteiger partial charge in [-0.15, -0.1) is 0 Å². The first-order chi connectivity index (χ1) is 10.2. The second-order valence-corrected chi connectivity index (χ2v) is 8.09. The largest absolute Gasteiger partial charge is 0.374 e.